The summed E-state index contributed by atoms with van der Waals surface area (Å²) in [4.78, 5) is 3.87. The van der Waals surface area contributed by atoms with Crippen molar-refractivity contribution >= 4 is 80.5 Å². The molecule has 0 bridgehead atoms. The fraction of sp³-hybridized carbons (Fsp3) is 0.727. The number of rotatable bonds is 17. The lowest BCUT2D eigenvalue weighted by molar-refractivity contribution is 0.0709. The van der Waals surface area contributed by atoms with Crippen molar-refractivity contribution in [2.45, 2.75) is 62.4 Å². The Bertz CT molecular complexity index is 960. The second kappa shape index (κ2) is 31.6. The molecule has 1 heterocycles. The molecule has 2 rings (SSSR count). The SMILES string of the molecule is CCO[Si](CCCN1c2ccccc2SC1CCC[Si](OC)(OC)OC)(OCC)OCC.O=S(O)O.O=S(O)O.O=S(O)O.O=S(O)O. The van der Waals surface area contributed by atoms with Gasteiger partial charge in [-0.05, 0) is 52.2 Å². The average Bonchev–Trinajstić information content (AvgIpc) is 3.32. The Balaban J connectivity index is -0.00000105. The van der Waals surface area contributed by atoms with Gasteiger partial charge in [0.05, 0.1) is 11.1 Å². The van der Waals surface area contributed by atoms with E-state index in [4.69, 9.17) is 79.8 Å². The molecule has 0 saturated heterocycles. The number of anilines is 1. The van der Waals surface area contributed by atoms with E-state index in [1.54, 1.807) is 21.3 Å². The lowest BCUT2D eigenvalue weighted by atomic mass is 10.2. The smallest absolute Gasteiger partial charge is 0.377 e. The number of hydrogen-bond donors (Lipinski definition) is 8. The molecule has 8 N–H and O–H groups in total. The molecule has 1 aliphatic heterocycles. The molecule has 0 radical (unpaired) electrons. The summed E-state index contributed by atoms with van der Waals surface area (Å²) in [6.07, 6.45) is 2.99. The molecule has 0 fully saturated rings. The first-order valence-electron chi connectivity index (χ1n) is 13.7. The van der Waals surface area contributed by atoms with E-state index < -0.39 is 63.1 Å². The van der Waals surface area contributed by atoms with Crippen LogP contribution >= 0.6 is 11.8 Å². The van der Waals surface area contributed by atoms with E-state index in [2.05, 4.69) is 29.2 Å². The predicted molar refractivity (Wildman–Crippen MR) is 188 cm³/mol. The van der Waals surface area contributed by atoms with Gasteiger partial charge in [-0.15, -0.1) is 0 Å². The molecule has 1 aliphatic rings. The predicted octanol–water partition coefficient (Wildman–Crippen LogP) is 3.75. The molecule has 48 heavy (non-hydrogen) atoms. The maximum Gasteiger partial charge on any atom is 0.500 e. The van der Waals surface area contributed by atoms with Crippen LogP contribution in [0.25, 0.3) is 0 Å². The summed E-state index contributed by atoms with van der Waals surface area (Å²) in [6.45, 7) is 8.80. The van der Waals surface area contributed by atoms with Gasteiger partial charge in [-0.25, -0.2) is 0 Å². The van der Waals surface area contributed by atoms with Crippen LogP contribution in [0.4, 0.5) is 5.69 Å². The van der Waals surface area contributed by atoms with Crippen LogP contribution in [0, 0.1) is 0 Å². The third-order valence-corrected chi connectivity index (χ3v) is 13.0. The monoisotopic (exact) mass is 831 g/mol. The molecule has 0 aliphatic carbocycles. The average molecular weight is 832 g/mol. The van der Waals surface area contributed by atoms with E-state index in [1.165, 1.54) is 10.6 Å². The molecule has 0 aromatic heterocycles. The van der Waals surface area contributed by atoms with Crippen LogP contribution in [0.15, 0.2) is 29.2 Å². The van der Waals surface area contributed by atoms with E-state index in [-0.39, 0.29) is 0 Å². The first-order valence-corrected chi connectivity index (χ1v) is 22.7. The van der Waals surface area contributed by atoms with Gasteiger partial charge in [0.15, 0.2) is 0 Å². The number of fused-ring (bicyclic) bond motifs is 1. The fourth-order valence-corrected chi connectivity index (χ4v) is 9.89. The standard InChI is InChI=1S/C22H41NO6SSi2.4H2O3S/c1-7-27-32(28-8-2,29-9-3)19-13-17-23-20-14-10-11-15-21(20)30-22(23)16-12-18-31(24-4,25-5)26-6;4*1-4(2)3/h10-11,14-15,22H,7-9,12-13,16-19H2,1-6H3;4*(H2,1,2,3). The van der Waals surface area contributed by atoms with Crippen molar-refractivity contribution in [2.24, 2.45) is 0 Å². The van der Waals surface area contributed by atoms with Gasteiger partial charge in [0.2, 0.25) is 0 Å². The van der Waals surface area contributed by atoms with Crippen molar-refractivity contribution in [1.29, 1.82) is 0 Å². The molecule has 0 spiro atoms. The fourth-order valence-electron chi connectivity index (χ4n) is 4.16. The largest absolute Gasteiger partial charge is 0.500 e. The van der Waals surface area contributed by atoms with Gasteiger partial charge in [0.25, 0.3) is 45.4 Å². The summed E-state index contributed by atoms with van der Waals surface area (Å²) in [5.41, 5.74) is 1.31. The zero-order valence-corrected chi connectivity index (χ0v) is 33.5. The van der Waals surface area contributed by atoms with Gasteiger partial charge in [0, 0.05) is 64.7 Å². The molecule has 1 unspecified atom stereocenters. The van der Waals surface area contributed by atoms with Crippen molar-refractivity contribution in [3.63, 3.8) is 0 Å². The summed E-state index contributed by atoms with van der Waals surface area (Å²) in [5, 5.41) is 0.381. The number of para-hydroxylation sites is 1. The zero-order chi connectivity index (χ0) is 37.8. The second-order valence-electron chi connectivity index (χ2n) is 8.43. The number of nitrogens with zero attached hydrogens (tertiary/aromatic N) is 1. The molecule has 19 nitrogen and oxygen atoms in total. The topological polar surface area (TPSA) is 289 Å². The maximum atomic E-state index is 8.67. The van der Waals surface area contributed by atoms with Gasteiger partial charge in [0.1, 0.15) is 0 Å². The molecule has 288 valence electrons. The Kier molecular flexibility index (Phi) is 34.3. The zero-order valence-electron chi connectivity index (χ0n) is 27.4. The van der Waals surface area contributed by atoms with Crippen LogP contribution in [-0.2, 0) is 72.0 Å². The van der Waals surface area contributed by atoms with Crippen LogP contribution in [0.3, 0.4) is 0 Å². The van der Waals surface area contributed by atoms with Crippen LogP contribution in [0.2, 0.25) is 12.1 Å². The third-order valence-electron chi connectivity index (χ3n) is 5.63. The molecule has 1 aromatic carbocycles. The minimum absolute atomic E-state index is 0.381. The first-order chi connectivity index (χ1) is 22.4. The lowest BCUT2D eigenvalue weighted by Crippen LogP contribution is -2.46. The highest BCUT2D eigenvalue weighted by Gasteiger charge is 2.41. The van der Waals surface area contributed by atoms with E-state index in [0.29, 0.717) is 25.2 Å². The molecular formula is C22H49NO18S5Si2. The Morgan fingerprint density at radius 3 is 1.42 bits per heavy atom. The summed E-state index contributed by atoms with van der Waals surface area (Å²) < 4.78 is 126. The summed E-state index contributed by atoms with van der Waals surface area (Å²) in [7, 11) is -0.132. The van der Waals surface area contributed by atoms with Gasteiger partial charge in [-0.3, -0.25) is 36.4 Å². The second-order valence-corrected chi connectivity index (χ2v) is 17.3. The van der Waals surface area contributed by atoms with Gasteiger partial charge in [-0.1, -0.05) is 23.9 Å². The van der Waals surface area contributed by atoms with Crippen LogP contribution < -0.4 is 4.90 Å². The maximum absolute atomic E-state index is 8.67. The molecule has 1 aromatic rings. The quantitative estimate of drug-likeness (QED) is 0.0819. The molecule has 26 heteroatoms. The molecule has 0 amide bonds. The Hall–Kier alpha value is -0.156. The molecule has 0 saturated carbocycles. The number of hydrogen-bond acceptors (Lipinski definition) is 12. The van der Waals surface area contributed by atoms with Crippen LogP contribution in [0.1, 0.15) is 40.0 Å². The van der Waals surface area contributed by atoms with Crippen molar-refractivity contribution in [3.05, 3.63) is 24.3 Å². The van der Waals surface area contributed by atoms with Crippen LogP contribution in [0.5, 0.6) is 0 Å². The molecule has 1 atom stereocenters. The normalized spacial score (nSPS) is 14.0. The van der Waals surface area contributed by atoms with Crippen molar-refractivity contribution in [3.8, 4) is 0 Å². The van der Waals surface area contributed by atoms with Crippen molar-refractivity contribution < 1.29 is 79.8 Å². The third kappa shape index (κ3) is 27.6. The van der Waals surface area contributed by atoms with Gasteiger partial charge in [-0.2, -0.15) is 16.8 Å². The lowest BCUT2D eigenvalue weighted by Gasteiger charge is -2.31. The van der Waals surface area contributed by atoms with Gasteiger partial charge >= 0.3 is 17.6 Å². The number of thioether (sulfide) groups is 1. The summed E-state index contributed by atoms with van der Waals surface area (Å²) in [5.74, 6) is 0. The van der Waals surface area contributed by atoms with E-state index in [0.717, 1.165) is 37.9 Å². The van der Waals surface area contributed by atoms with E-state index in [1.807, 2.05) is 32.5 Å². The van der Waals surface area contributed by atoms with Crippen molar-refractivity contribution in [1.82, 2.24) is 0 Å². The van der Waals surface area contributed by atoms with Crippen molar-refractivity contribution in [2.75, 3.05) is 52.6 Å². The highest BCUT2D eigenvalue weighted by Crippen LogP contribution is 2.45. The molecular weight excluding hydrogens is 783 g/mol. The number of benzene rings is 1. The summed E-state index contributed by atoms with van der Waals surface area (Å²) >= 11 is -8.50. The van der Waals surface area contributed by atoms with Gasteiger partial charge < -0.3 is 31.5 Å². The van der Waals surface area contributed by atoms with E-state index >= 15 is 0 Å². The first kappa shape index (κ1) is 52.2. The minimum Gasteiger partial charge on any atom is -0.377 e. The Morgan fingerprint density at radius 1 is 0.667 bits per heavy atom. The Morgan fingerprint density at radius 2 is 1.04 bits per heavy atom. The minimum atomic E-state index is -2.62. The van der Waals surface area contributed by atoms with Crippen LogP contribution in [-0.4, -0.2) is 124 Å². The highest BCUT2D eigenvalue weighted by molar-refractivity contribution is 8.00. The Labute approximate surface area is 298 Å². The van der Waals surface area contributed by atoms with E-state index in [9.17, 15) is 0 Å². The highest BCUT2D eigenvalue weighted by atomic mass is 32.2. The summed E-state index contributed by atoms with van der Waals surface area (Å²) in [6, 6.07) is 10.3.